The number of aromatic nitrogens is 2. The molecule has 1 unspecified atom stereocenters. The van der Waals surface area contributed by atoms with Crippen LogP contribution in [-0.2, 0) is 0 Å². The van der Waals surface area contributed by atoms with Crippen molar-refractivity contribution in [1.82, 2.24) is 20.2 Å². The van der Waals surface area contributed by atoms with Crippen LogP contribution in [0.15, 0.2) is 36.5 Å². The molecule has 1 atom stereocenters. The highest BCUT2D eigenvalue weighted by Crippen LogP contribution is 2.26. The van der Waals surface area contributed by atoms with Crippen LogP contribution < -0.4 is 15.4 Å². The maximum atomic E-state index is 14.7. The number of fused-ring (bicyclic) bond motifs is 1. The van der Waals surface area contributed by atoms with Gasteiger partial charge in [-0.2, -0.15) is 0 Å². The first-order valence-corrected chi connectivity index (χ1v) is 12.0. The SMILES string of the molecule is CCC(c1cc2cnc(NC(=O)c3ccc(OCCC4CCNCC4)cc3F)cc2[nH]1)N(C)C. The van der Waals surface area contributed by atoms with Crippen LogP contribution in [0.3, 0.4) is 0 Å². The molecule has 34 heavy (non-hydrogen) atoms. The van der Waals surface area contributed by atoms with E-state index in [2.05, 4.69) is 38.5 Å². The minimum Gasteiger partial charge on any atom is -0.493 e. The highest BCUT2D eigenvalue weighted by Gasteiger charge is 2.17. The van der Waals surface area contributed by atoms with Crippen LogP contribution in [0.1, 0.15) is 54.7 Å². The molecule has 0 aliphatic carbocycles. The average molecular weight is 468 g/mol. The van der Waals surface area contributed by atoms with Crippen molar-refractivity contribution in [3.63, 3.8) is 0 Å². The van der Waals surface area contributed by atoms with E-state index in [-0.39, 0.29) is 11.6 Å². The number of aromatic amines is 1. The lowest BCUT2D eigenvalue weighted by atomic mass is 9.95. The molecule has 3 aromatic rings. The smallest absolute Gasteiger partial charge is 0.259 e. The number of rotatable bonds is 9. The van der Waals surface area contributed by atoms with E-state index in [0.29, 0.717) is 24.1 Å². The number of pyridine rings is 1. The molecule has 1 aliphatic rings. The maximum absolute atomic E-state index is 14.7. The quantitative estimate of drug-likeness (QED) is 0.424. The van der Waals surface area contributed by atoms with Crippen molar-refractivity contribution < 1.29 is 13.9 Å². The van der Waals surface area contributed by atoms with E-state index >= 15 is 0 Å². The van der Waals surface area contributed by atoms with E-state index in [1.54, 1.807) is 18.3 Å². The molecule has 3 N–H and O–H groups in total. The largest absolute Gasteiger partial charge is 0.493 e. The number of ether oxygens (including phenoxy) is 1. The van der Waals surface area contributed by atoms with Gasteiger partial charge in [0.1, 0.15) is 17.4 Å². The minimum atomic E-state index is -0.614. The Morgan fingerprint density at radius 3 is 2.76 bits per heavy atom. The van der Waals surface area contributed by atoms with Crippen LogP contribution in [0.25, 0.3) is 10.9 Å². The predicted octanol–water partition coefficient (Wildman–Crippen LogP) is 4.74. The molecule has 1 aliphatic heterocycles. The molecule has 0 bridgehead atoms. The lowest BCUT2D eigenvalue weighted by Gasteiger charge is -2.22. The first-order valence-electron chi connectivity index (χ1n) is 12.0. The van der Waals surface area contributed by atoms with Crippen LogP contribution in [0.4, 0.5) is 10.2 Å². The highest BCUT2D eigenvalue weighted by molar-refractivity contribution is 6.04. The van der Waals surface area contributed by atoms with E-state index in [1.165, 1.54) is 12.1 Å². The van der Waals surface area contributed by atoms with Gasteiger partial charge in [-0.3, -0.25) is 4.79 Å². The Kier molecular flexibility index (Phi) is 7.80. The Morgan fingerprint density at radius 1 is 1.26 bits per heavy atom. The lowest BCUT2D eigenvalue weighted by molar-refractivity contribution is 0.102. The molecular weight excluding hydrogens is 433 g/mol. The number of nitrogens with zero attached hydrogens (tertiary/aromatic N) is 2. The lowest BCUT2D eigenvalue weighted by Crippen LogP contribution is -2.28. The van der Waals surface area contributed by atoms with Gasteiger partial charge in [0, 0.05) is 35.5 Å². The molecule has 7 nitrogen and oxygen atoms in total. The number of carbonyl (C=O) groups is 1. The number of amides is 1. The molecule has 1 saturated heterocycles. The summed E-state index contributed by atoms with van der Waals surface area (Å²) in [4.78, 5) is 22.6. The van der Waals surface area contributed by atoms with Crippen LogP contribution >= 0.6 is 0 Å². The molecule has 1 aromatic carbocycles. The third-order valence-corrected chi connectivity index (χ3v) is 6.57. The molecule has 0 spiro atoms. The molecule has 4 rings (SSSR count). The fourth-order valence-corrected chi connectivity index (χ4v) is 4.63. The Morgan fingerprint density at radius 2 is 2.06 bits per heavy atom. The maximum Gasteiger partial charge on any atom is 0.259 e. The summed E-state index contributed by atoms with van der Waals surface area (Å²) in [5.41, 5.74) is 1.92. The fourth-order valence-electron chi connectivity index (χ4n) is 4.63. The van der Waals surface area contributed by atoms with Gasteiger partial charge in [-0.25, -0.2) is 9.37 Å². The van der Waals surface area contributed by atoms with Crippen LogP contribution in [-0.4, -0.2) is 54.6 Å². The second kappa shape index (κ2) is 11.0. The van der Waals surface area contributed by atoms with Gasteiger partial charge in [0.15, 0.2) is 0 Å². The summed E-state index contributed by atoms with van der Waals surface area (Å²) in [5, 5.41) is 7.02. The number of nitrogens with one attached hydrogen (secondary N) is 3. The zero-order chi connectivity index (χ0) is 24.1. The third kappa shape index (κ3) is 5.74. The van der Waals surface area contributed by atoms with Crippen molar-refractivity contribution in [3.8, 4) is 5.75 Å². The number of anilines is 1. The molecule has 1 fully saturated rings. The zero-order valence-corrected chi connectivity index (χ0v) is 20.2. The van der Waals surface area contributed by atoms with Crippen LogP contribution in [0.5, 0.6) is 5.75 Å². The molecule has 3 heterocycles. The highest BCUT2D eigenvalue weighted by atomic mass is 19.1. The van der Waals surface area contributed by atoms with Gasteiger partial charge in [0.2, 0.25) is 0 Å². The Bertz CT molecular complexity index is 1120. The molecule has 8 heteroatoms. The normalized spacial score (nSPS) is 15.6. The van der Waals surface area contributed by atoms with Gasteiger partial charge in [0.25, 0.3) is 5.91 Å². The van der Waals surface area contributed by atoms with Crippen molar-refractivity contribution in [2.24, 2.45) is 5.92 Å². The molecule has 0 radical (unpaired) electrons. The van der Waals surface area contributed by atoms with Gasteiger partial charge in [-0.1, -0.05) is 6.92 Å². The standard InChI is InChI=1S/C26H34FN5O2/c1-4-24(32(2)3)23-13-18-16-29-25(15-22(18)30-23)31-26(33)20-6-5-19(14-21(20)27)34-12-9-17-7-10-28-11-8-17/h5-6,13-17,24,28,30H,4,7-12H2,1-3H3,(H,29,31,33). The molecule has 182 valence electrons. The topological polar surface area (TPSA) is 82.3 Å². The Labute approximate surface area is 200 Å². The van der Waals surface area contributed by atoms with Crippen LogP contribution in [0.2, 0.25) is 0 Å². The Hall–Kier alpha value is -2.97. The number of carbonyl (C=O) groups excluding carboxylic acids is 1. The van der Waals surface area contributed by atoms with E-state index < -0.39 is 11.7 Å². The van der Waals surface area contributed by atoms with Crippen molar-refractivity contribution in [1.29, 1.82) is 0 Å². The molecule has 0 saturated carbocycles. The monoisotopic (exact) mass is 467 g/mol. The van der Waals surface area contributed by atoms with Gasteiger partial charge in [-0.15, -0.1) is 0 Å². The minimum absolute atomic E-state index is 0.0431. The Balaban J connectivity index is 1.38. The van der Waals surface area contributed by atoms with Crippen molar-refractivity contribution in [2.45, 2.75) is 38.6 Å². The van der Waals surface area contributed by atoms with E-state index in [4.69, 9.17) is 4.74 Å². The second-order valence-corrected chi connectivity index (χ2v) is 9.20. The summed E-state index contributed by atoms with van der Waals surface area (Å²) in [6.07, 6.45) is 5.93. The third-order valence-electron chi connectivity index (χ3n) is 6.57. The number of piperidine rings is 1. The number of hydrogen-bond acceptors (Lipinski definition) is 5. The summed E-state index contributed by atoms with van der Waals surface area (Å²) >= 11 is 0. The summed E-state index contributed by atoms with van der Waals surface area (Å²) in [5.74, 6) is 0.291. The summed E-state index contributed by atoms with van der Waals surface area (Å²) < 4.78 is 20.4. The van der Waals surface area contributed by atoms with Crippen molar-refractivity contribution in [3.05, 3.63) is 53.6 Å². The van der Waals surface area contributed by atoms with E-state index in [1.807, 2.05) is 14.1 Å². The fraction of sp³-hybridized carbons (Fsp3) is 0.462. The van der Waals surface area contributed by atoms with Crippen molar-refractivity contribution >= 4 is 22.6 Å². The van der Waals surface area contributed by atoms with Crippen LogP contribution in [0, 0.1) is 11.7 Å². The van der Waals surface area contributed by atoms with E-state index in [0.717, 1.165) is 55.4 Å². The average Bonchev–Trinajstić information content (AvgIpc) is 3.22. The van der Waals surface area contributed by atoms with Gasteiger partial charge < -0.3 is 25.3 Å². The molecular formula is C26H34FN5O2. The number of halogens is 1. The summed E-state index contributed by atoms with van der Waals surface area (Å²) in [6.45, 7) is 4.78. The first kappa shape index (κ1) is 24.2. The van der Waals surface area contributed by atoms with Crippen molar-refractivity contribution in [2.75, 3.05) is 39.1 Å². The predicted molar refractivity (Wildman–Crippen MR) is 133 cm³/mol. The number of benzene rings is 1. The van der Waals surface area contributed by atoms with E-state index in [9.17, 15) is 9.18 Å². The zero-order valence-electron chi connectivity index (χ0n) is 20.2. The van der Waals surface area contributed by atoms with Gasteiger partial charge in [0.05, 0.1) is 17.7 Å². The molecule has 1 amide bonds. The second-order valence-electron chi connectivity index (χ2n) is 9.20. The molecule has 2 aromatic heterocycles. The first-order chi connectivity index (χ1) is 16.4. The number of H-pyrrole nitrogens is 1. The summed E-state index contributed by atoms with van der Waals surface area (Å²) in [6, 6.07) is 8.48. The number of hydrogen-bond donors (Lipinski definition) is 3. The summed E-state index contributed by atoms with van der Waals surface area (Å²) in [7, 11) is 4.09. The van der Waals surface area contributed by atoms with Gasteiger partial charge >= 0.3 is 0 Å². The van der Waals surface area contributed by atoms with Gasteiger partial charge in [-0.05, 0) is 77.0 Å².